The first-order valence-corrected chi connectivity index (χ1v) is 9.89. The normalized spacial score (nSPS) is 20.5. The lowest BCUT2D eigenvalue weighted by Gasteiger charge is -2.25. The molecule has 1 fully saturated rings. The Balaban J connectivity index is 1.36. The van der Waals surface area contributed by atoms with Gasteiger partial charge in [0.1, 0.15) is 0 Å². The van der Waals surface area contributed by atoms with E-state index in [-0.39, 0.29) is 37.0 Å². The number of amides is 2. The average molecular weight is 434 g/mol. The summed E-state index contributed by atoms with van der Waals surface area (Å²) in [6, 6.07) is 3.25. The topological polar surface area (TPSA) is 91.3 Å². The number of halogens is 3. The molecule has 1 saturated heterocycles. The van der Waals surface area contributed by atoms with Gasteiger partial charge in [-0.1, -0.05) is 6.07 Å². The lowest BCUT2D eigenvalue weighted by Crippen LogP contribution is -2.46. The van der Waals surface area contributed by atoms with Crippen LogP contribution >= 0.6 is 0 Å². The number of hydrogen-bond acceptors (Lipinski definition) is 6. The van der Waals surface area contributed by atoms with E-state index in [0.29, 0.717) is 10.8 Å². The van der Waals surface area contributed by atoms with Crippen LogP contribution in [0.4, 0.5) is 19.1 Å². The highest BCUT2D eigenvalue weighted by Crippen LogP contribution is 2.31. The SMILES string of the molecule is CN(C(=O)C(F)(F)F)[C@H]1CCN(C(=O)c2cnc(N[C@@H]3CCc4ncccc43)nc2)C1. The zero-order valence-electron chi connectivity index (χ0n) is 16.8. The molecule has 2 aliphatic rings. The second-order valence-corrected chi connectivity index (χ2v) is 7.68. The van der Waals surface area contributed by atoms with Crippen molar-refractivity contribution in [3.05, 3.63) is 47.5 Å². The average Bonchev–Trinajstić information content (AvgIpc) is 3.40. The number of rotatable bonds is 4. The van der Waals surface area contributed by atoms with Crippen molar-refractivity contribution in [3.8, 4) is 0 Å². The van der Waals surface area contributed by atoms with Crippen molar-refractivity contribution in [3.63, 3.8) is 0 Å². The fraction of sp³-hybridized carbons (Fsp3) is 0.450. The van der Waals surface area contributed by atoms with Gasteiger partial charge in [-0.3, -0.25) is 14.6 Å². The number of nitrogens with zero attached hydrogens (tertiary/aromatic N) is 5. The Hall–Kier alpha value is -3.24. The molecule has 0 bridgehead atoms. The third-order valence-corrected chi connectivity index (χ3v) is 5.73. The lowest BCUT2D eigenvalue weighted by atomic mass is 10.1. The summed E-state index contributed by atoms with van der Waals surface area (Å²) >= 11 is 0. The quantitative estimate of drug-likeness (QED) is 0.794. The Labute approximate surface area is 176 Å². The maximum absolute atomic E-state index is 12.7. The van der Waals surface area contributed by atoms with Gasteiger partial charge in [-0.15, -0.1) is 0 Å². The lowest BCUT2D eigenvalue weighted by molar-refractivity contribution is -0.185. The van der Waals surface area contributed by atoms with Crippen molar-refractivity contribution in [1.29, 1.82) is 0 Å². The number of anilines is 1. The number of likely N-dealkylation sites (tertiary alicyclic amines) is 1. The second kappa shape index (κ2) is 8.12. The zero-order chi connectivity index (χ0) is 22.2. The molecule has 2 atom stereocenters. The predicted molar refractivity (Wildman–Crippen MR) is 104 cm³/mol. The monoisotopic (exact) mass is 434 g/mol. The van der Waals surface area contributed by atoms with Gasteiger partial charge < -0.3 is 15.1 Å². The summed E-state index contributed by atoms with van der Waals surface area (Å²) in [5, 5.41) is 3.24. The molecule has 4 rings (SSSR count). The Kier molecular flexibility index (Phi) is 5.50. The van der Waals surface area contributed by atoms with Gasteiger partial charge in [-0.25, -0.2) is 9.97 Å². The largest absolute Gasteiger partial charge is 0.471 e. The predicted octanol–water partition coefficient (Wildman–Crippen LogP) is 2.21. The highest BCUT2D eigenvalue weighted by atomic mass is 19.4. The Bertz CT molecular complexity index is 982. The van der Waals surface area contributed by atoms with Crippen LogP contribution in [0.15, 0.2) is 30.7 Å². The van der Waals surface area contributed by atoms with Gasteiger partial charge in [-0.2, -0.15) is 13.2 Å². The first kappa shape index (κ1) is 21.0. The third kappa shape index (κ3) is 4.30. The van der Waals surface area contributed by atoms with E-state index in [1.54, 1.807) is 6.20 Å². The van der Waals surface area contributed by atoms with Crippen LogP contribution in [0.1, 0.15) is 40.5 Å². The number of aryl methyl sites for hydroxylation is 1. The number of nitrogens with one attached hydrogen (secondary N) is 1. The minimum absolute atomic E-state index is 0.0308. The van der Waals surface area contributed by atoms with Crippen LogP contribution < -0.4 is 5.32 Å². The van der Waals surface area contributed by atoms with Gasteiger partial charge in [0.2, 0.25) is 5.95 Å². The second-order valence-electron chi connectivity index (χ2n) is 7.68. The summed E-state index contributed by atoms with van der Waals surface area (Å²) in [6.07, 6.45) is 1.64. The van der Waals surface area contributed by atoms with Crippen LogP contribution in [0.25, 0.3) is 0 Å². The summed E-state index contributed by atoms with van der Waals surface area (Å²) < 4.78 is 37.9. The molecule has 0 saturated carbocycles. The first-order chi connectivity index (χ1) is 14.7. The molecule has 2 aromatic rings. The number of hydrogen-bond donors (Lipinski definition) is 1. The molecule has 164 valence electrons. The molecule has 0 aromatic carbocycles. The van der Waals surface area contributed by atoms with E-state index < -0.39 is 18.1 Å². The van der Waals surface area contributed by atoms with Crippen molar-refractivity contribution < 1.29 is 22.8 Å². The van der Waals surface area contributed by atoms with Crippen molar-refractivity contribution in [2.45, 2.75) is 37.5 Å². The number of carbonyl (C=O) groups is 2. The van der Waals surface area contributed by atoms with Gasteiger partial charge in [0.15, 0.2) is 0 Å². The van der Waals surface area contributed by atoms with Crippen LogP contribution in [-0.2, 0) is 11.2 Å². The molecule has 2 aromatic heterocycles. The molecule has 11 heteroatoms. The molecule has 0 radical (unpaired) electrons. The highest BCUT2D eigenvalue weighted by Gasteiger charge is 2.44. The van der Waals surface area contributed by atoms with E-state index in [0.717, 1.165) is 31.1 Å². The van der Waals surface area contributed by atoms with E-state index in [9.17, 15) is 22.8 Å². The van der Waals surface area contributed by atoms with Crippen LogP contribution in [0.5, 0.6) is 0 Å². The Morgan fingerprint density at radius 3 is 2.65 bits per heavy atom. The number of fused-ring (bicyclic) bond motifs is 1. The fourth-order valence-corrected chi connectivity index (χ4v) is 4.02. The molecule has 2 amide bonds. The zero-order valence-corrected chi connectivity index (χ0v) is 16.8. The molecule has 0 unspecified atom stereocenters. The summed E-state index contributed by atoms with van der Waals surface area (Å²) in [5.41, 5.74) is 2.39. The van der Waals surface area contributed by atoms with Gasteiger partial charge in [0, 0.05) is 44.4 Å². The van der Waals surface area contributed by atoms with Gasteiger partial charge in [0.05, 0.1) is 17.6 Å². The third-order valence-electron chi connectivity index (χ3n) is 5.73. The Morgan fingerprint density at radius 2 is 1.94 bits per heavy atom. The highest BCUT2D eigenvalue weighted by molar-refractivity contribution is 5.94. The standard InChI is InChI=1S/C20H21F3N6O2/c1-28(18(31)20(21,22)23)13-6-8-29(11-13)17(30)12-9-25-19(26-10-12)27-16-5-4-15-14(16)3-2-7-24-15/h2-3,7,9-10,13,16H,4-6,8,11H2,1H3,(H,25,26,27)/t13-,16+/m0/s1. The maximum Gasteiger partial charge on any atom is 0.471 e. The summed E-state index contributed by atoms with van der Waals surface area (Å²) in [4.78, 5) is 39.0. The molecule has 3 heterocycles. The fourth-order valence-electron chi connectivity index (χ4n) is 4.02. The Morgan fingerprint density at radius 1 is 1.19 bits per heavy atom. The molecular formula is C20H21F3N6O2. The maximum atomic E-state index is 12.7. The summed E-state index contributed by atoms with van der Waals surface area (Å²) in [5.74, 6) is -1.90. The van der Waals surface area contributed by atoms with Gasteiger partial charge >= 0.3 is 12.1 Å². The summed E-state index contributed by atoms with van der Waals surface area (Å²) in [6.45, 7) is 0.286. The van der Waals surface area contributed by atoms with Crippen LogP contribution in [-0.4, -0.2) is 68.9 Å². The number of aromatic nitrogens is 3. The molecule has 8 nitrogen and oxygen atoms in total. The molecule has 31 heavy (non-hydrogen) atoms. The smallest absolute Gasteiger partial charge is 0.347 e. The number of likely N-dealkylation sites (N-methyl/N-ethyl adjacent to an activating group) is 1. The van der Waals surface area contributed by atoms with Crippen LogP contribution in [0, 0.1) is 0 Å². The number of carbonyl (C=O) groups excluding carboxylic acids is 2. The van der Waals surface area contributed by atoms with Crippen molar-refractivity contribution >= 4 is 17.8 Å². The number of alkyl halides is 3. The van der Waals surface area contributed by atoms with Crippen molar-refractivity contribution in [1.82, 2.24) is 24.8 Å². The van der Waals surface area contributed by atoms with Crippen LogP contribution in [0.3, 0.4) is 0 Å². The number of pyridine rings is 1. The summed E-state index contributed by atoms with van der Waals surface area (Å²) in [7, 11) is 1.11. The van der Waals surface area contributed by atoms with E-state index >= 15 is 0 Å². The van der Waals surface area contributed by atoms with Gasteiger partial charge in [0.25, 0.3) is 5.91 Å². The minimum Gasteiger partial charge on any atom is -0.347 e. The van der Waals surface area contributed by atoms with Crippen molar-refractivity contribution in [2.24, 2.45) is 0 Å². The molecule has 1 N–H and O–H groups in total. The molecule has 1 aliphatic heterocycles. The van der Waals surface area contributed by atoms with Crippen LogP contribution in [0.2, 0.25) is 0 Å². The first-order valence-electron chi connectivity index (χ1n) is 9.89. The van der Waals surface area contributed by atoms with Gasteiger partial charge in [-0.05, 0) is 30.9 Å². The molecule has 1 aliphatic carbocycles. The van der Waals surface area contributed by atoms with E-state index in [1.807, 2.05) is 12.1 Å². The molecule has 0 spiro atoms. The minimum atomic E-state index is -4.93. The van der Waals surface area contributed by atoms with E-state index in [4.69, 9.17) is 0 Å². The van der Waals surface area contributed by atoms with E-state index in [2.05, 4.69) is 20.3 Å². The van der Waals surface area contributed by atoms with Crippen molar-refractivity contribution in [2.75, 3.05) is 25.5 Å². The molecular weight excluding hydrogens is 413 g/mol. The van der Waals surface area contributed by atoms with E-state index in [1.165, 1.54) is 17.3 Å².